The zero-order chi connectivity index (χ0) is 31.4. The van der Waals surface area contributed by atoms with Gasteiger partial charge in [-0.05, 0) is 72.9 Å². The van der Waals surface area contributed by atoms with E-state index in [2.05, 4.69) is 12.1 Å². The molecule has 0 spiro atoms. The van der Waals surface area contributed by atoms with Crippen molar-refractivity contribution >= 4 is 22.1 Å². The lowest BCUT2D eigenvalue weighted by Gasteiger charge is -2.24. The second-order valence-electron chi connectivity index (χ2n) is 11.2. The van der Waals surface area contributed by atoms with Crippen molar-refractivity contribution in [3.05, 3.63) is 119 Å². The Balaban J connectivity index is 1.37. The lowest BCUT2D eigenvalue weighted by molar-refractivity contribution is -0.149. The van der Waals surface area contributed by atoms with E-state index in [4.69, 9.17) is 19.4 Å². The molecule has 44 heavy (non-hydrogen) atoms. The van der Waals surface area contributed by atoms with Crippen LogP contribution < -0.4 is 9.92 Å². The zero-order valence-corrected chi connectivity index (χ0v) is 25.6. The predicted molar refractivity (Wildman–Crippen MR) is 167 cm³/mol. The summed E-state index contributed by atoms with van der Waals surface area (Å²) in [5.74, 6) is -2.25. The molecule has 0 saturated carbocycles. The van der Waals surface area contributed by atoms with E-state index in [-0.39, 0.29) is 35.7 Å². The molecule has 2 atom stereocenters. The summed E-state index contributed by atoms with van der Waals surface area (Å²) in [7, 11) is -4.07. The predicted octanol–water partition coefficient (Wildman–Crippen LogP) is 5.87. The van der Waals surface area contributed by atoms with Crippen molar-refractivity contribution in [3.8, 4) is 16.9 Å². The molecule has 1 aliphatic rings. The van der Waals surface area contributed by atoms with Crippen LogP contribution in [0.3, 0.4) is 0 Å². The van der Waals surface area contributed by atoms with Crippen LogP contribution in [0.1, 0.15) is 54.4 Å². The smallest absolute Gasteiger partial charge is 0.339 e. The molecule has 4 aromatic carbocycles. The van der Waals surface area contributed by atoms with Gasteiger partial charge in [0.1, 0.15) is 17.3 Å². The monoisotopic (exact) mass is 613 g/mol. The minimum atomic E-state index is -4.07. The molecule has 8 nitrogen and oxygen atoms in total. The zero-order valence-electron chi connectivity index (χ0n) is 24.8. The minimum Gasteiger partial charge on any atom is -0.464 e. The molecule has 4 aromatic rings. The molecule has 0 bridgehead atoms. The average molecular weight is 614 g/mol. The Hall–Kier alpha value is -4.47. The van der Waals surface area contributed by atoms with Crippen LogP contribution in [0.4, 0.5) is 0 Å². The molecule has 5 rings (SSSR count). The highest BCUT2D eigenvalue weighted by Gasteiger charge is 2.34. The molecule has 0 saturated heterocycles. The normalized spacial score (nSPS) is 13.9. The number of rotatable bonds is 11. The van der Waals surface area contributed by atoms with Crippen LogP contribution in [0.5, 0.6) is 5.75 Å². The van der Waals surface area contributed by atoms with Crippen LogP contribution in [0.2, 0.25) is 0 Å². The minimum absolute atomic E-state index is 0.0226. The highest BCUT2D eigenvalue weighted by atomic mass is 32.2. The molecule has 2 unspecified atom stereocenters. The van der Waals surface area contributed by atoms with Crippen molar-refractivity contribution < 1.29 is 31.7 Å². The van der Waals surface area contributed by atoms with Gasteiger partial charge >= 0.3 is 22.1 Å². The molecule has 0 radical (unpaired) electrons. The molecule has 9 heteroatoms. The Morgan fingerprint density at radius 1 is 0.818 bits per heavy atom. The Bertz CT molecular complexity index is 1700. The van der Waals surface area contributed by atoms with Gasteiger partial charge in [-0.1, -0.05) is 78.4 Å². The highest BCUT2D eigenvalue weighted by molar-refractivity contribution is 7.87. The van der Waals surface area contributed by atoms with Crippen LogP contribution in [-0.2, 0) is 29.2 Å². The molecule has 0 heterocycles. The first kappa shape index (κ1) is 31.0. The Morgan fingerprint density at radius 2 is 1.39 bits per heavy atom. The van der Waals surface area contributed by atoms with Gasteiger partial charge in [0.15, 0.2) is 0 Å². The van der Waals surface area contributed by atoms with Crippen molar-refractivity contribution in [3.63, 3.8) is 0 Å². The third kappa shape index (κ3) is 6.85. The van der Waals surface area contributed by atoms with E-state index in [0.717, 1.165) is 27.8 Å². The summed E-state index contributed by atoms with van der Waals surface area (Å²) in [6.07, 6.45) is -0.554. The van der Waals surface area contributed by atoms with Gasteiger partial charge in [0, 0.05) is 12.0 Å². The summed E-state index contributed by atoms with van der Waals surface area (Å²) in [6, 6.07) is 27.4. The van der Waals surface area contributed by atoms with E-state index in [1.807, 2.05) is 43.3 Å². The summed E-state index contributed by atoms with van der Waals surface area (Å²) in [5.41, 5.74) is 12.2. The van der Waals surface area contributed by atoms with Gasteiger partial charge in [-0.3, -0.25) is 9.59 Å². The second kappa shape index (κ2) is 13.0. The maximum absolute atomic E-state index is 13.7. The Labute approximate surface area is 257 Å². The number of hydrogen-bond donors (Lipinski definition) is 1. The van der Waals surface area contributed by atoms with Crippen LogP contribution >= 0.6 is 0 Å². The van der Waals surface area contributed by atoms with E-state index >= 15 is 0 Å². The molecule has 0 aliphatic heterocycles. The van der Waals surface area contributed by atoms with Crippen LogP contribution in [0, 0.1) is 6.92 Å². The van der Waals surface area contributed by atoms with Gasteiger partial charge in [-0.2, -0.15) is 8.42 Å². The first-order valence-corrected chi connectivity index (χ1v) is 15.9. The largest absolute Gasteiger partial charge is 0.464 e. The first-order valence-electron chi connectivity index (χ1n) is 14.4. The van der Waals surface area contributed by atoms with Crippen LogP contribution in [0.25, 0.3) is 11.1 Å². The van der Waals surface area contributed by atoms with Crippen molar-refractivity contribution in [1.82, 2.24) is 0 Å². The molecule has 0 fully saturated rings. The summed E-state index contributed by atoms with van der Waals surface area (Å²) in [6.45, 7) is 5.41. The van der Waals surface area contributed by atoms with Crippen LogP contribution in [0.15, 0.2) is 102 Å². The van der Waals surface area contributed by atoms with E-state index < -0.39 is 34.0 Å². The van der Waals surface area contributed by atoms with Crippen molar-refractivity contribution in [1.29, 1.82) is 0 Å². The topological polar surface area (TPSA) is 122 Å². The number of esters is 2. The lowest BCUT2D eigenvalue weighted by Crippen LogP contribution is -2.37. The Morgan fingerprint density at radius 3 is 1.95 bits per heavy atom. The summed E-state index contributed by atoms with van der Waals surface area (Å²) >= 11 is 0. The van der Waals surface area contributed by atoms with Gasteiger partial charge in [-0.15, -0.1) is 0 Å². The third-order valence-electron chi connectivity index (χ3n) is 7.56. The number of carbonyl (C=O) groups excluding carboxylic acids is 2. The van der Waals surface area contributed by atoms with E-state index in [1.54, 1.807) is 38.1 Å². The highest BCUT2D eigenvalue weighted by Crippen LogP contribution is 2.44. The maximum Gasteiger partial charge on any atom is 0.339 e. The quantitative estimate of drug-likeness (QED) is 0.165. The lowest BCUT2D eigenvalue weighted by atomic mass is 9.90. The SMILES string of the molecule is Cc1ccc(S(=O)(=O)Oc2ccc(C(C(=O)OCC3c4ccccc4-c4ccccc43)C(N)CC(=O)OC(C)C)cc2)cc1. The molecular weight excluding hydrogens is 578 g/mol. The number of ether oxygens (including phenoxy) is 2. The second-order valence-corrected chi connectivity index (χ2v) is 12.7. The number of carbonyl (C=O) groups is 2. The van der Waals surface area contributed by atoms with Crippen molar-refractivity contribution in [2.45, 2.75) is 56.1 Å². The van der Waals surface area contributed by atoms with Gasteiger partial charge in [0.05, 0.1) is 18.4 Å². The van der Waals surface area contributed by atoms with Crippen molar-refractivity contribution in [2.24, 2.45) is 5.73 Å². The number of nitrogens with two attached hydrogens (primary N) is 1. The standard InChI is InChI=1S/C35H35NO7S/c1-22(2)42-33(37)20-32(36)34(24-14-16-25(17-15-24)43-44(39,40)26-18-12-23(3)13-19-26)35(38)41-21-31-29-10-6-4-8-27(29)28-9-5-7-11-30(28)31/h4-19,22,31-32,34H,20-21,36H2,1-3H3. The number of hydrogen-bond acceptors (Lipinski definition) is 8. The van der Waals surface area contributed by atoms with Gasteiger partial charge in [0.2, 0.25) is 0 Å². The van der Waals surface area contributed by atoms with E-state index in [1.165, 1.54) is 24.3 Å². The molecule has 228 valence electrons. The molecule has 0 aromatic heterocycles. The third-order valence-corrected chi connectivity index (χ3v) is 8.82. The Kier molecular flexibility index (Phi) is 9.17. The van der Waals surface area contributed by atoms with Gasteiger partial charge in [0.25, 0.3) is 0 Å². The van der Waals surface area contributed by atoms with Crippen molar-refractivity contribution in [2.75, 3.05) is 6.61 Å². The van der Waals surface area contributed by atoms with E-state index in [9.17, 15) is 18.0 Å². The number of fused-ring (bicyclic) bond motifs is 3. The average Bonchev–Trinajstić information content (AvgIpc) is 3.30. The van der Waals surface area contributed by atoms with E-state index in [0.29, 0.717) is 5.56 Å². The fourth-order valence-corrected chi connectivity index (χ4v) is 6.41. The molecular formula is C35H35NO7S. The summed E-state index contributed by atoms with van der Waals surface area (Å²) in [5, 5.41) is 0. The van der Waals surface area contributed by atoms with Gasteiger partial charge in [-0.25, -0.2) is 0 Å². The summed E-state index contributed by atoms with van der Waals surface area (Å²) < 4.78 is 42.1. The number of benzene rings is 4. The fraction of sp³-hybridized carbons (Fsp3) is 0.257. The summed E-state index contributed by atoms with van der Waals surface area (Å²) in [4.78, 5) is 26.2. The fourth-order valence-electron chi connectivity index (χ4n) is 5.48. The molecule has 2 N–H and O–H groups in total. The first-order chi connectivity index (χ1) is 21.0. The molecule has 1 aliphatic carbocycles. The maximum atomic E-state index is 13.7. The van der Waals surface area contributed by atoms with Gasteiger partial charge < -0.3 is 19.4 Å². The molecule has 0 amide bonds. The van der Waals surface area contributed by atoms with Crippen LogP contribution in [-0.4, -0.2) is 39.1 Å². The number of aryl methyl sites for hydroxylation is 1.